The first kappa shape index (κ1) is 49.1. The molecule has 0 radical (unpaired) electrons. The number of carbonyl (C=O) groups excluding carboxylic acids is 4. The van der Waals surface area contributed by atoms with Crippen LogP contribution in [0.1, 0.15) is 139 Å². The van der Waals surface area contributed by atoms with E-state index in [4.69, 9.17) is 19.5 Å². The molecule has 3 fully saturated rings. The van der Waals surface area contributed by atoms with E-state index in [0.29, 0.717) is 19.6 Å². The Labute approximate surface area is 407 Å². The van der Waals surface area contributed by atoms with Crippen molar-refractivity contribution >= 4 is 35.5 Å². The SMILES string of the molecule is COC(=O)N[C@H](C(=O)N1CCC[C@H]1C1=NC(c2ccc([C@@H]3CC[C@@H](c4ccc(-c5c[nH]c([C@@H]6CCCN6C(=O)[C@@H](NC(=O)OC)C(C)C)n5)cc4)N3c3ccc(C(C)(C)C)cc3)cc2)CN1)C(C)C. The van der Waals surface area contributed by atoms with Crippen molar-refractivity contribution in [3.63, 3.8) is 0 Å². The van der Waals surface area contributed by atoms with Crippen LogP contribution in [0.3, 0.4) is 0 Å². The molecule has 15 nitrogen and oxygen atoms in total. The van der Waals surface area contributed by atoms with Crippen molar-refractivity contribution in [2.75, 3.05) is 38.8 Å². The molecule has 15 heteroatoms. The summed E-state index contributed by atoms with van der Waals surface area (Å²) >= 11 is 0. The van der Waals surface area contributed by atoms with E-state index in [2.05, 4.69) is 119 Å². The number of anilines is 1. The zero-order valence-corrected chi connectivity index (χ0v) is 41.8. The number of nitrogens with zero attached hydrogens (tertiary/aromatic N) is 5. The van der Waals surface area contributed by atoms with Gasteiger partial charge in [-0.1, -0.05) is 109 Å². The average molecular weight is 942 g/mol. The molecule has 3 saturated heterocycles. The highest BCUT2D eigenvalue weighted by Crippen LogP contribution is 2.48. The van der Waals surface area contributed by atoms with Gasteiger partial charge in [-0.05, 0) is 90.2 Å². The number of aromatic amines is 1. The summed E-state index contributed by atoms with van der Waals surface area (Å²) in [4.78, 5) is 71.6. The van der Waals surface area contributed by atoms with Gasteiger partial charge in [-0.2, -0.15) is 0 Å². The Morgan fingerprint density at radius 1 is 0.667 bits per heavy atom. The van der Waals surface area contributed by atoms with Gasteiger partial charge in [-0.25, -0.2) is 14.6 Å². The van der Waals surface area contributed by atoms with Gasteiger partial charge in [-0.3, -0.25) is 14.6 Å². The number of likely N-dealkylation sites (tertiary alicyclic amines) is 2. The minimum Gasteiger partial charge on any atom is -0.453 e. The lowest BCUT2D eigenvalue weighted by Gasteiger charge is -2.34. The Morgan fingerprint density at radius 2 is 1.17 bits per heavy atom. The zero-order valence-electron chi connectivity index (χ0n) is 41.8. The maximum Gasteiger partial charge on any atom is 0.407 e. The van der Waals surface area contributed by atoms with Crippen LogP contribution in [-0.4, -0.2) is 102 Å². The number of methoxy groups -OCH3 is 2. The molecule has 3 aromatic carbocycles. The number of rotatable bonds is 13. The normalized spacial score (nSPS) is 22.4. The lowest BCUT2D eigenvalue weighted by Crippen LogP contribution is -2.54. The number of carbonyl (C=O) groups is 4. The molecular weight excluding hydrogens is 871 g/mol. The van der Waals surface area contributed by atoms with Gasteiger partial charge < -0.3 is 45.1 Å². The van der Waals surface area contributed by atoms with Crippen LogP contribution in [0.25, 0.3) is 11.3 Å². The smallest absolute Gasteiger partial charge is 0.407 e. The summed E-state index contributed by atoms with van der Waals surface area (Å²) < 4.78 is 9.63. The molecule has 4 aliphatic heterocycles. The Hall–Kier alpha value is -6.38. The monoisotopic (exact) mass is 942 g/mol. The van der Waals surface area contributed by atoms with Crippen molar-refractivity contribution in [1.29, 1.82) is 0 Å². The number of H-pyrrole nitrogens is 1. The van der Waals surface area contributed by atoms with Gasteiger partial charge in [0, 0.05) is 37.1 Å². The summed E-state index contributed by atoms with van der Waals surface area (Å²) in [6.45, 7) is 16.3. The van der Waals surface area contributed by atoms with Gasteiger partial charge in [0.1, 0.15) is 23.7 Å². The van der Waals surface area contributed by atoms with Crippen LogP contribution in [-0.2, 0) is 24.5 Å². The number of hydrogen-bond acceptors (Lipinski definition) is 10. The molecule has 4 N–H and O–H groups in total. The lowest BCUT2D eigenvalue weighted by molar-refractivity contribution is -0.135. The van der Waals surface area contributed by atoms with Gasteiger partial charge in [0.25, 0.3) is 0 Å². The molecule has 1 aromatic heterocycles. The topological polar surface area (TPSA) is 174 Å². The highest BCUT2D eigenvalue weighted by Gasteiger charge is 2.41. The predicted molar refractivity (Wildman–Crippen MR) is 268 cm³/mol. The Morgan fingerprint density at radius 3 is 1.70 bits per heavy atom. The van der Waals surface area contributed by atoms with Crippen LogP contribution in [0.15, 0.2) is 84.0 Å². The predicted octanol–water partition coefficient (Wildman–Crippen LogP) is 8.92. The number of imidazole rings is 1. The second-order valence-corrected chi connectivity index (χ2v) is 20.8. The third kappa shape index (κ3) is 10.5. The van der Waals surface area contributed by atoms with E-state index in [1.165, 1.54) is 36.6 Å². The highest BCUT2D eigenvalue weighted by atomic mass is 16.5. The van der Waals surface area contributed by atoms with E-state index in [1.807, 2.05) is 43.7 Å². The third-order valence-corrected chi connectivity index (χ3v) is 14.6. The Bertz CT molecular complexity index is 2480. The van der Waals surface area contributed by atoms with Crippen LogP contribution >= 0.6 is 0 Å². The van der Waals surface area contributed by atoms with Crippen molar-refractivity contribution in [3.8, 4) is 11.3 Å². The van der Waals surface area contributed by atoms with Crippen LogP contribution in [0.5, 0.6) is 0 Å². The summed E-state index contributed by atoms with van der Waals surface area (Å²) in [6, 6.07) is 25.3. The molecule has 4 amide bonds. The Kier molecular flexibility index (Phi) is 14.7. The van der Waals surface area contributed by atoms with Crippen molar-refractivity contribution in [1.82, 2.24) is 35.7 Å². The number of hydrogen-bond donors (Lipinski definition) is 4. The van der Waals surface area contributed by atoms with E-state index in [0.717, 1.165) is 67.0 Å². The maximum atomic E-state index is 13.8. The van der Waals surface area contributed by atoms with E-state index in [-0.39, 0.29) is 59.3 Å². The quantitative estimate of drug-likeness (QED) is 0.102. The largest absolute Gasteiger partial charge is 0.453 e. The average Bonchev–Trinajstić information content (AvgIpc) is 4.21. The standard InChI is InChI=1S/C54H71N9O6/c1-32(2)46(59-52(66)68-8)50(64)61-28-10-12-44(61)48-55-30-40(57-48)34-14-18-36(19-15-34)42-26-27-43(63(42)39-24-22-38(23-25-39)54(5,6)7)37-20-16-35(17-21-37)41-31-56-49(58-41)45-13-11-29-62(45)51(65)47(33(3)4)60-53(67)69-9/h14-25,30,32-33,41-47H,10-13,26-29,31H2,1-9H3,(H,55,57)(H,56,58)(H,59,66)(H,60,67)/t41?,42-,43-,44-,45-,46-,47-/m0/s1. The van der Waals surface area contributed by atoms with Gasteiger partial charge in [0.15, 0.2) is 0 Å². The summed E-state index contributed by atoms with van der Waals surface area (Å²) in [5, 5.41) is 9.01. The van der Waals surface area contributed by atoms with Crippen molar-refractivity contribution in [2.45, 2.75) is 135 Å². The molecule has 0 bridgehead atoms. The zero-order chi connectivity index (χ0) is 49.1. The molecule has 0 saturated carbocycles. The molecule has 0 spiro atoms. The van der Waals surface area contributed by atoms with Crippen LogP contribution in [0.2, 0.25) is 0 Å². The molecule has 368 valence electrons. The van der Waals surface area contributed by atoms with Crippen molar-refractivity contribution in [3.05, 3.63) is 107 Å². The second kappa shape index (κ2) is 20.7. The molecule has 4 aromatic rings. The number of amides is 4. The molecule has 69 heavy (non-hydrogen) atoms. The first-order chi connectivity index (χ1) is 33.1. The van der Waals surface area contributed by atoms with E-state index >= 15 is 0 Å². The molecule has 4 aliphatic rings. The first-order valence-electron chi connectivity index (χ1n) is 24.8. The summed E-state index contributed by atoms with van der Waals surface area (Å²) in [5.41, 5.74) is 7.93. The molecule has 1 unspecified atom stereocenters. The van der Waals surface area contributed by atoms with Crippen molar-refractivity contribution < 1.29 is 28.7 Å². The fraction of sp³-hybridized carbons (Fsp3) is 0.519. The number of aliphatic imine (C=N–C) groups is 1. The number of nitrogens with one attached hydrogen (secondary N) is 4. The highest BCUT2D eigenvalue weighted by molar-refractivity contribution is 5.95. The van der Waals surface area contributed by atoms with Gasteiger partial charge in [0.2, 0.25) is 11.8 Å². The Balaban J connectivity index is 0.992. The third-order valence-electron chi connectivity index (χ3n) is 14.6. The summed E-state index contributed by atoms with van der Waals surface area (Å²) in [5.74, 6) is 1.12. The van der Waals surface area contributed by atoms with Crippen LogP contribution < -0.4 is 20.9 Å². The molecule has 8 rings (SSSR count). The lowest BCUT2D eigenvalue weighted by atomic mass is 9.87. The minimum atomic E-state index is -0.693. The number of aromatic nitrogens is 2. The first-order valence-corrected chi connectivity index (χ1v) is 24.8. The number of benzene rings is 3. The van der Waals surface area contributed by atoms with E-state index in [9.17, 15) is 19.2 Å². The molecular formula is C54H71N9O6. The van der Waals surface area contributed by atoms with Gasteiger partial charge in [0.05, 0.1) is 50.1 Å². The second-order valence-electron chi connectivity index (χ2n) is 20.8. The van der Waals surface area contributed by atoms with Crippen LogP contribution in [0, 0.1) is 11.8 Å². The van der Waals surface area contributed by atoms with E-state index in [1.54, 1.807) is 0 Å². The fourth-order valence-corrected chi connectivity index (χ4v) is 10.7. The molecule has 7 atom stereocenters. The van der Waals surface area contributed by atoms with Crippen LogP contribution in [0.4, 0.5) is 15.3 Å². The van der Waals surface area contributed by atoms with Gasteiger partial charge >= 0.3 is 12.2 Å². The summed E-state index contributed by atoms with van der Waals surface area (Å²) in [7, 11) is 2.61. The van der Waals surface area contributed by atoms with Gasteiger partial charge in [-0.15, -0.1) is 0 Å². The molecule has 0 aliphatic carbocycles. The number of amidine groups is 1. The maximum absolute atomic E-state index is 13.8. The molecule has 5 heterocycles. The number of ether oxygens (including phenoxy) is 2. The minimum absolute atomic E-state index is 0.0329. The fourth-order valence-electron chi connectivity index (χ4n) is 10.7. The van der Waals surface area contributed by atoms with E-state index < -0.39 is 24.3 Å². The number of alkyl carbamates (subject to hydrolysis) is 2. The van der Waals surface area contributed by atoms with Crippen molar-refractivity contribution in [2.24, 2.45) is 16.8 Å². The summed E-state index contributed by atoms with van der Waals surface area (Å²) in [6.07, 6.45) is 5.98.